The summed E-state index contributed by atoms with van der Waals surface area (Å²) in [7, 11) is 0. The molecule has 0 amide bonds. The molecule has 0 radical (unpaired) electrons. The van der Waals surface area contributed by atoms with E-state index in [0.717, 1.165) is 11.9 Å². The van der Waals surface area contributed by atoms with E-state index in [1.807, 2.05) is 41.4 Å². The first-order valence-electron chi connectivity index (χ1n) is 5.69. The Morgan fingerprint density at radius 1 is 1.11 bits per heavy atom. The van der Waals surface area contributed by atoms with Gasteiger partial charge in [-0.25, -0.2) is 9.37 Å². The van der Waals surface area contributed by atoms with Gasteiger partial charge in [0.05, 0.1) is 6.20 Å². The molecule has 0 spiro atoms. The lowest BCUT2D eigenvalue weighted by molar-refractivity contribution is 0.611. The Morgan fingerprint density at radius 2 is 1.84 bits per heavy atom. The summed E-state index contributed by atoms with van der Waals surface area (Å²) in [6.07, 6.45) is 4.70. The normalized spacial score (nSPS) is 14.2. The molecule has 0 unspecified atom stereocenters. The molecule has 19 heavy (non-hydrogen) atoms. The van der Waals surface area contributed by atoms with E-state index in [2.05, 4.69) is 9.97 Å². The van der Waals surface area contributed by atoms with E-state index in [9.17, 15) is 4.39 Å². The Morgan fingerprint density at radius 3 is 2.63 bits per heavy atom. The summed E-state index contributed by atoms with van der Waals surface area (Å²) < 4.78 is 13.7. The number of aromatic nitrogens is 2. The van der Waals surface area contributed by atoms with Gasteiger partial charge in [0.25, 0.3) is 0 Å². The molecule has 1 aromatic carbocycles. The lowest BCUT2D eigenvalue weighted by atomic mass is 10.3. The largest absolute Gasteiger partial charge is 0.328 e. The van der Waals surface area contributed by atoms with Crippen LogP contribution in [0, 0.1) is 5.82 Å². The summed E-state index contributed by atoms with van der Waals surface area (Å²) in [5, 5.41) is 0.0305. The maximum Gasteiger partial charge on any atom is 0.224 e. The van der Waals surface area contributed by atoms with Crippen molar-refractivity contribution in [3.63, 3.8) is 0 Å². The third kappa shape index (κ3) is 2.37. The molecule has 0 fully saturated rings. The van der Waals surface area contributed by atoms with Gasteiger partial charge in [-0.2, -0.15) is 4.98 Å². The molecule has 4 nitrogen and oxygen atoms in total. The first-order chi connectivity index (χ1) is 9.24. The van der Waals surface area contributed by atoms with Crippen molar-refractivity contribution in [2.45, 2.75) is 0 Å². The maximum atomic E-state index is 13.7. The van der Waals surface area contributed by atoms with Crippen LogP contribution in [0.4, 0.5) is 15.9 Å². The number of hydrogen-bond donors (Lipinski definition) is 0. The van der Waals surface area contributed by atoms with E-state index < -0.39 is 5.82 Å². The van der Waals surface area contributed by atoms with Gasteiger partial charge in [-0.1, -0.05) is 18.2 Å². The molecule has 6 heteroatoms. The summed E-state index contributed by atoms with van der Waals surface area (Å²) in [6, 6.07) is 9.82. The second-order valence-corrected chi connectivity index (χ2v) is 4.36. The molecular weight excluding hydrogens is 267 g/mol. The standard InChI is InChI=1S/C13H10ClFN4/c14-13-16-8-11(15)12(17-13)19-7-6-18(9-19)10-4-2-1-3-5-10/h1-8H,9H2. The molecule has 96 valence electrons. The Balaban J connectivity index is 1.84. The minimum absolute atomic E-state index is 0.0305. The number of nitrogens with zero attached hydrogens (tertiary/aromatic N) is 4. The van der Waals surface area contributed by atoms with Crippen LogP contribution in [0.15, 0.2) is 48.9 Å². The third-order valence-corrected chi connectivity index (χ3v) is 2.97. The molecular formula is C13H10ClFN4. The minimum Gasteiger partial charge on any atom is -0.328 e. The molecule has 2 heterocycles. The molecule has 0 saturated carbocycles. The van der Waals surface area contributed by atoms with Crippen molar-refractivity contribution >= 4 is 23.1 Å². The zero-order valence-electron chi connectivity index (χ0n) is 9.87. The molecule has 0 aliphatic carbocycles. The third-order valence-electron chi connectivity index (χ3n) is 2.79. The van der Waals surface area contributed by atoms with Crippen LogP contribution >= 0.6 is 11.6 Å². The van der Waals surface area contributed by atoms with Crippen molar-refractivity contribution < 1.29 is 4.39 Å². The van der Waals surface area contributed by atoms with Crippen LogP contribution in [-0.2, 0) is 0 Å². The summed E-state index contributed by atoms with van der Waals surface area (Å²) in [5.41, 5.74) is 1.03. The second kappa shape index (κ2) is 4.85. The van der Waals surface area contributed by atoms with Gasteiger partial charge >= 0.3 is 0 Å². The van der Waals surface area contributed by atoms with E-state index in [0.29, 0.717) is 6.67 Å². The molecule has 1 aliphatic heterocycles. The number of para-hydroxylation sites is 1. The first-order valence-corrected chi connectivity index (χ1v) is 6.06. The fraction of sp³-hybridized carbons (Fsp3) is 0.0769. The van der Waals surface area contributed by atoms with E-state index in [1.165, 1.54) is 0 Å². The van der Waals surface area contributed by atoms with Crippen molar-refractivity contribution in [2.75, 3.05) is 16.5 Å². The van der Waals surface area contributed by atoms with Gasteiger partial charge in [-0.15, -0.1) is 0 Å². The van der Waals surface area contributed by atoms with Crippen molar-refractivity contribution in [2.24, 2.45) is 0 Å². The lowest BCUT2D eigenvalue weighted by Crippen LogP contribution is -2.26. The Labute approximate surface area is 114 Å². The predicted molar refractivity (Wildman–Crippen MR) is 72.4 cm³/mol. The zero-order chi connectivity index (χ0) is 13.2. The molecule has 3 rings (SSSR count). The van der Waals surface area contributed by atoms with Gasteiger partial charge in [0.2, 0.25) is 5.28 Å². The Kier molecular flexibility index (Phi) is 3.05. The van der Waals surface area contributed by atoms with Gasteiger partial charge in [0, 0.05) is 18.1 Å². The zero-order valence-corrected chi connectivity index (χ0v) is 10.6. The highest BCUT2D eigenvalue weighted by molar-refractivity contribution is 6.28. The van der Waals surface area contributed by atoms with Crippen LogP contribution in [0.1, 0.15) is 0 Å². The number of halogens is 2. The average molecular weight is 277 g/mol. The Bertz CT molecular complexity index is 617. The van der Waals surface area contributed by atoms with Crippen LogP contribution in [0.5, 0.6) is 0 Å². The number of hydrogen-bond acceptors (Lipinski definition) is 4. The van der Waals surface area contributed by atoms with Crippen LogP contribution in [-0.4, -0.2) is 16.6 Å². The monoisotopic (exact) mass is 276 g/mol. The number of rotatable bonds is 2. The molecule has 0 bridgehead atoms. The maximum absolute atomic E-state index is 13.7. The highest BCUT2D eigenvalue weighted by atomic mass is 35.5. The van der Waals surface area contributed by atoms with Crippen LogP contribution in [0.25, 0.3) is 0 Å². The van der Waals surface area contributed by atoms with Gasteiger partial charge in [0.15, 0.2) is 11.6 Å². The number of anilines is 2. The highest BCUT2D eigenvalue weighted by Crippen LogP contribution is 2.24. The SMILES string of the molecule is Fc1cnc(Cl)nc1N1C=CN(c2ccccc2)C1. The molecule has 2 aromatic rings. The van der Waals surface area contributed by atoms with Crippen molar-refractivity contribution in [1.82, 2.24) is 9.97 Å². The Hall–Kier alpha value is -2.14. The first kappa shape index (κ1) is 11.9. The summed E-state index contributed by atoms with van der Waals surface area (Å²) in [6.45, 7) is 0.480. The van der Waals surface area contributed by atoms with Crippen LogP contribution < -0.4 is 9.80 Å². The van der Waals surface area contributed by atoms with E-state index in [4.69, 9.17) is 11.6 Å². The van der Waals surface area contributed by atoms with E-state index in [-0.39, 0.29) is 11.1 Å². The molecule has 0 saturated heterocycles. The van der Waals surface area contributed by atoms with Crippen LogP contribution in [0.2, 0.25) is 5.28 Å². The molecule has 1 aromatic heterocycles. The molecule has 0 N–H and O–H groups in total. The smallest absolute Gasteiger partial charge is 0.224 e. The van der Waals surface area contributed by atoms with E-state index in [1.54, 1.807) is 11.1 Å². The van der Waals surface area contributed by atoms with Crippen molar-refractivity contribution in [3.8, 4) is 0 Å². The lowest BCUT2D eigenvalue weighted by Gasteiger charge is -2.20. The molecule has 0 atom stereocenters. The fourth-order valence-corrected chi connectivity index (χ4v) is 2.01. The summed E-state index contributed by atoms with van der Waals surface area (Å²) in [5.74, 6) is -0.321. The quantitative estimate of drug-likeness (QED) is 0.789. The predicted octanol–water partition coefficient (Wildman–Crippen LogP) is 3.02. The van der Waals surface area contributed by atoms with Crippen molar-refractivity contribution in [1.29, 1.82) is 0 Å². The van der Waals surface area contributed by atoms with Gasteiger partial charge in [-0.05, 0) is 23.7 Å². The van der Waals surface area contributed by atoms with Gasteiger partial charge < -0.3 is 9.80 Å². The second-order valence-electron chi connectivity index (χ2n) is 4.03. The summed E-state index contributed by atoms with van der Waals surface area (Å²) >= 11 is 5.70. The highest BCUT2D eigenvalue weighted by Gasteiger charge is 2.19. The fourth-order valence-electron chi connectivity index (χ4n) is 1.88. The average Bonchev–Trinajstić information content (AvgIpc) is 2.92. The van der Waals surface area contributed by atoms with Crippen molar-refractivity contribution in [3.05, 3.63) is 60.0 Å². The topological polar surface area (TPSA) is 32.3 Å². The van der Waals surface area contributed by atoms with Gasteiger partial charge in [-0.3, -0.25) is 0 Å². The number of benzene rings is 1. The van der Waals surface area contributed by atoms with E-state index >= 15 is 0 Å². The molecule has 1 aliphatic rings. The van der Waals surface area contributed by atoms with Crippen LogP contribution in [0.3, 0.4) is 0 Å². The minimum atomic E-state index is -0.496. The summed E-state index contributed by atoms with van der Waals surface area (Å²) in [4.78, 5) is 11.2. The van der Waals surface area contributed by atoms with Gasteiger partial charge in [0.1, 0.15) is 6.67 Å².